The number of H-pyrrole nitrogens is 1. The standard InChI is InChI=1S/C16H14N4O3/c21-11-1-2-12(14(23)9-11)13(22)3-4-15-18-16(20-19-15)10-5-7-17-8-6-10/h1-2,5-9,21,23H,3-4H2,(H,18,19,20). The van der Waals surface area contributed by atoms with E-state index in [0.29, 0.717) is 18.1 Å². The maximum Gasteiger partial charge on any atom is 0.181 e. The van der Waals surface area contributed by atoms with Gasteiger partial charge >= 0.3 is 0 Å². The molecular weight excluding hydrogens is 296 g/mol. The maximum absolute atomic E-state index is 12.1. The molecular formula is C16H14N4O3. The lowest BCUT2D eigenvalue weighted by molar-refractivity contribution is 0.0979. The number of nitrogens with one attached hydrogen (secondary N) is 1. The van der Waals surface area contributed by atoms with E-state index in [1.165, 1.54) is 12.1 Å². The summed E-state index contributed by atoms with van der Waals surface area (Å²) in [6, 6.07) is 7.50. The summed E-state index contributed by atoms with van der Waals surface area (Å²) in [4.78, 5) is 20.4. The Labute approximate surface area is 131 Å². The van der Waals surface area contributed by atoms with Crippen LogP contribution >= 0.6 is 0 Å². The maximum atomic E-state index is 12.1. The van der Waals surface area contributed by atoms with Crippen molar-refractivity contribution in [2.24, 2.45) is 0 Å². The number of aromatic nitrogens is 4. The fourth-order valence-corrected chi connectivity index (χ4v) is 2.16. The Balaban J connectivity index is 1.67. The van der Waals surface area contributed by atoms with Crippen LogP contribution in [0.1, 0.15) is 22.6 Å². The Bertz CT molecular complexity index is 830. The number of phenols is 2. The molecule has 3 rings (SSSR count). The smallest absolute Gasteiger partial charge is 0.181 e. The molecule has 3 N–H and O–H groups in total. The summed E-state index contributed by atoms with van der Waals surface area (Å²) in [5, 5.41) is 25.8. The van der Waals surface area contributed by atoms with Gasteiger partial charge in [-0.05, 0) is 24.3 Å². The largest absolute Gasteiger partial charge is 0.508 e. The van der Waals surface area contributed by atoms with Gasteiger partial charge in [0.2, 0.25) is 0 Å². The van der Waals surface area contributed by atoms with E-state index in [-0.39, 0.29) is 29.3 Å². The molecule has 1 aromatic carbocycles. The SMILES string of the molecule is O=C(CCc1nc(-c2ccncc2)n[nH]1)c1ccc(O)cc1O. The van der Waals surface area contributed by atoms with Gasteiger partial charge in [-0.25, -0.2) is 4.98 Å². The number of aromatic hydroxyl groups is 2. The minimum Gasteiger partial charge on any atom is -0.508 e. The predicted octanol–water partition coefficient (Wildman–Crippen LogP) is 2.09. The van der Waals surface area contributed by atoms with Crippen molar-refractivity contribution < 1.29 is 15.0 Å². The second-order valence-corrected chi connectivity index (χ2v) is 4.97. The highest BCUT2D eigenvalue weighted by Crippen LogP contribution is 2.24. The third-order valence-electron chi connectivity index (χ3n) is 3.34. The molecule has 0 unspecified atom stereocenters. The number of ketones is 1. The number of hydrogen-bond acceptors (Lipinski definition) is 6. The molecule has 0 atom stereocenters. The number of aromatic amines is 1. The van der Waals surface area contributed by atoms with E-state index in [1.54, 1.807) is 24.5 Å². The van der Waals surface area contributed by atoms with E-state index in [2.05, 4.69) is 20.2 Å². The summed E-state index contributed by atoms with van der Waals surface area (Å²) in [5.74, 6) is 0.580. The van der Waals surface area contributed by atoms with Crippen LogP contribution in [0.4, 0.5) is 0 Å². The van der Waals surface area contributed by atoms with Crippen LogP contribution in [0, 0.1) is 0 Å². The van der Waals surface area contributed by atoms with Gasteiger partial charge in [0.05, 0.1) is 5.56 Å². The molecule has 0 bridgehead atoms. The third-order valence-corrected chi connectivity index (χ3v) is 3.34. The molecule has 0 saturated carbocycles. The number of nitrogens with zero attached hydrogens (tertiary/aromatic N) is 3. The molecule has 2 heterocycles. The second kappa shape index (κ2) is 6.27. The number of rotatable bonds is 5. The number of carbonyl (C=O) groups is 1. The summed E-state index contributed by atoms with van der Waals surface area (Å²) >= 11 is 0. The minimum atomic E-state index is -0.232. The molecule has 0 aliphatic heterocycles. The summed E-state index contributed by atoms with van der Waals surface area (Å²) in [6.07, 6.45) is 3.85. The number of pyridine rings is 1. The molecule has 3 aromatic rings. The molecule has 116 valence electrons. The topological polar surface area (TPSA) is 112 Å². The number of phenolic OH excluding ortho intramolecular Hbond substituents is 2. The van der Waals surface area contributed by atoms with Gasteiger partial charge in [-0.3, -0.25) is 14.9 Å². The van der Waals surface area contributed by atoms with Crippen LogP contribution in [0.5, 0.6) is 11.5 Å². The van der Waals surface area contributed by atoms with E-state index >= 15 is 0 Å². The molecule has 0 aliphatic carbocycles. The van der Waals surface area contributed by atoms with Crippen molar-refractivity contribution in [3.05, 3.63) is 54.1 Å². The first-order valence-corrected chi connectivity index (χ1v) is 7.00. The van der Waals surface area contributed by atoms with Gasteiger partial charge in [0, 0.05) is 36.9 Å². The van der Waals surface area contributed by atoms with Crippen LogP contribution in [-0.4, -0.2) is 36.2 Å². The molecule has 2 aromatic heterocycles. The molecule has 23 heavy (non-hydrogen) atoms. The highest BCUT2D eigenvalue weighted by molar-refractivity contribution is 5.98. The number of carbonyl (C=O) groups excluding carboxylic acids is 1. The van der Waals surface area contributed by atoms with Crippen molar-refractivity contribution >= 4 is 5.78 Å². The summed E-state index contributed by atoms with van der Waals surface area (Å²) in [7, 11) is 0. The van der Waals surface area contributed by atoms with E-state index in [9.17, 15) is 15.0 Å². The van der Waals surface area contributed by atoms with E-state index in [0.717, 1.165) is 11.6 Å². The van der Waals surface area contributed by atoms with Crippen LogP contribution in [0.3, 0.4) is 0 Å². The Hall–Kier alpha value is -3.22. The number of benzene rings is 1. The molecule has 0 amide bonds. The molecule has 0 aliphatic rings. The molecule has 7 nitrogen and oxygen atoms in total. The summed E-state index contributed by atoms with van der Waals surface area (Å²) < 4.78 is 0. The number of Topliss-reactive ketones (excluding diaryl/α,β-unsaturated/α-hetero) is 1. The van der Waals surface area contributed by atoms with Crippen LogP contribution < -0.4 is 0 Å². The molecule has 0 saturated heterocycles. The van der Waals surface area contributed by atoms with Crippen LogP contribution in [0.2, 0.25) is 0 Å². The van der Waals surface area contributed by atoms with E-state index in [4.69, 9.17) is 0 Å². The Kier molecular flexibility index (Phi) is 4.01. The zero-order valence-corrected chi connectivity index (χ0v) is 12.1. The van der Waals surface area contributed by atoms with Crippen LogP contribution in [-0.2, 0) is 6.42 Å². The molecule has 0 spiro atoms. The van der Waals surface area contributed by atoms with Crippen molar-refractivity contribution in [2.75, 3.05) is 0 Å². The molecule has 0 radical (unpaired) electrons. The third kappa shape index (κ3) is 3.34. The van der Waals surface area contributed by atoms with Crippen molar-refractivity contribution in [3.8, 4) is 22.9 Å². The Morgan fingerprint density at radius 1 is 1.13 bits per heavy atom. The molecule has 7 heteroatoms. The first-order chi connectivity index (χ1) is 11.1. The van der Waals surface area contributed by atoms with Crippen molar-refractivity contribution in [1.29, 1.82) is 0 Å². The Morgan fingerprint density at radius 2 is 1.91 bits per heavy atom. The first kappa shape index (κ1) is 14.7. The normalized spacial score (nSPS) is 10.6. The van der Waals surface area contributed by atoms with Crippen molar-refractivity contribution in [2.45, 2.75) is 12.8 Å². The molecule has 0 fully saturated rings. The minimum absolute atomic E-state index is 0.0868. The van der Waals surface area contributed by atoms with Gasteiger partial charge < -0.3 is 10.2 Å². The lowest BCUT2D eigenvalue weighted by Gasteiger charge is -2.03. The van der Waals surface area contributed by atoms with Crippen LogP contribution in [0.15, 0.2) is 42.7 Å². The Morgan fingerprint density at radius 3 is 2.65 bits per heavy atom. The quantitative estimate of drug-likeness (QED) is 0.622. The predicted molar refractivity (Wildman–Crippen MR) is 82.0 cm³/mol. The van der Waals surface area contributed by atoms with Gasteiger partial charge in [-0.2, -0.15) is 5.10 Å². The van der Waals surface area contributed by atoms with Gasteiger partial charge in [0.15, 0.2) is 11.6 Å². The van der Waals surface area contributed by atoms with Gasteiger partial charge in [-0.1, -0.05) is 0 Å². The van der Waals surface area contributed by atoms with E-state index in [1.807, 2.05) is 0 Å². The lowest BCUT2D eigenvalue weighted by atomic mass is 10.1. The van der Waals surface area contributed by atoms with E-state index < -0.39 is 0 Å². The van der Waals surface area contributed by atoms with Crippen molar-refractivity contribution in [1.82, 2.24) is 20.2 Å². The second-order valence-electron chi connectivity index (χ2n) is 4.97. The monoisotopic (exact) mass is 310 g/mol. The zero-order valence-electron chi connectivity index (χ0n) is 12.1. The number of hydrogen-bond donors (Lipinski definition) is 3. The average molecular weight is 310 g/mol. The highest BCUT2D eigenvalue weighted by Gasteiger charge is 2.13. The van der Waals surface area contributed by atoms with Crippen LogP contribution in [0.25, 0.3) is 11.4 Å². The van der Waals surface area contributed by atoms with Crippen molar-refractivity contribution in [3.63, 3.8) is 0 Å². The fraction of sp³-hybridized carbons (Fsp3) is 0.125. The first-order valence-electron chi connectivity index (χ1n) is 7.00. The highest BCUT2D eigenvalue weighted by atomic mass is 16.3. The van der Waals surface area contributed by atoms with Gasteiger partial charge in [0.25, 0.3) is 0 Å². The summed E-state index contributed by atoms with van der Waals surface area (Å²) in [6.45, 7) is 0. The summed E-state index contributed by atoms with van der Waals surface area (Å²) in [5.41, 5.74) is 1.02. The zero-order chi connectivity index (χ0) is 16.2. The lowest BCUT2D eigenvalue weighted by Crippen LogP contribution is -2.02. The fourth-order valence-electron chi connectivity index (χ4n) is 2.16. The number of aryl methyl sites for hydroxylation is 1. The van der Waals surface area contributed by atoms with Gasteiger partial charge in [-0.15, -0.1) is 0 Å². The van der Waals surface area contributed by atoms with Gasteiger partial charge in [0.1, 0.15) is 17.3 Å². The average Bonchev–Trinajstić information content (AvgIpc) is 3.02.